The van der Waals surface area contributed by atoms with Crippen molar-refractivity contribution >= 4 is 45.9 Å². The fourth-order valence-corrected chi connectivity index (χ4v) is 2.09. The number of hydrogen-bond donors (Lipinski definition) is 2. The third-order valence-corrected chi connectivity index (χ3v) is 3.53. The van der Waals surface area contributed by atoms with Crippen LogP contribution in [0.3, 0.4) is 0 Å². The molecule has 0 bridgehead atoms. The summed E-state index contributed by atoms with van der Waals surface area (Å²) in [4.78, 5) is 4.13. The Balaban J connectivity index is 0.00000242. The van der Waals surface area contributed by atoms with Crippen LogP contribution in [0.25, 0.3) is 0 Å². The highest BCUT2D eigenvalue weighted by molar-refractivity contribution is 14.0. The second-order valence-corrected chi connectivity index (χ2v) is 5.41. The SMILES string of the molecule is CN=C(NCc1ccc(Br)cc1)NCc1ccccc1F.I. The molecular weight excluding hydrogens is 460 g/mol. The molecule has 0 saturated heterocycles. The molecular formula is C16H18BrFIN3. The van der Waals surface area contributed by atoms with Crippen LogP contribution in [-0.2, 0) is 13.1 Å². The lowest BCUT2D eigenvalue weighted by atomic mass is 10.2. The molecule has 2 aromatic carbocycles. The first-order valence-electron chi connectivity index (χ1n) is 6.61. The molecule has 0 amide bonds. The van der Waals surface area contributed by atoms with Crippen LogP contribution < -0.4 is 10.6 Å². The Kier molecular flexibility index (Phi) is 8.40. The van der Waals surface area contributed by atoms with Gasteiger partial charge in [0.25, 0.3) is 0 Å². The van der Waals surface area contributed by atoms with Crippen molar-refractivity contribution in [2.75, 3.05) is 7.05 Å². The van der Waals surface area contributed by atoms with E-state index in [1.54, 1.807) is 19.2 Å². The van der Waals surface area contributed by atoms with Gasteiger partial charge < -0.3 is 10.6 Å². The lowest BCUT2D eigenvalue weighted by molar-refractivity contribution is 0.604. The molecule has 6 heteroatoms. The summed E-state index contributed by atoms with van der Waals surface area (Å²) in [5.74, 6) is 0.425. The maximum Gasteiger partial charge on any atom is 0.191 e. The van der Waals surface area contributed by atoms with Crippen molar-refractivity contribution < 1.29 is 4.39 Å². The zero-order valence-corrected chi connectivity index (χ0v) is 16.1. The van der Waals surface area contributed by atoms with Gasteiger partial charge in [-0.15, -0.1) is 24.0 Å². The van der Waals surface area contributed by atoms with Crippen LogP contribution >= 0.6 is 39.9 Å². The van der Waals surface area contributed by atoms with Gasteiger partial charge in [0.05, 0.1) is 0 Å². The van der Waals surface area contributed by atoms with Crippen molar-refractivity contribution in [2.45, 2.75) is 13.1 Å². The van der Waals surface area contributed by atoms with E-state index < -0.39 is 0 Å². The number of rotatable bonds is 4. The molecule has 2 rings (SSSR count). The third kappa shape index (κ3) is 5.92. The second kappa shape index (κ2) is 9.78. The van der Waals surface area contributed by atoms with Crippen LogP contribution in [0.15, 0.2) is 58.0 Å². The minimum atomic E-state index is -0.214. The number of halogens is 3. The van der Waals surface area contributed by atoms with Gasteiger partial charge in [-0.05, 0) is 23.8 Å². The van der Waals surface area contributed by atoms with Crippen molar-refractivity contribution in [3.05, 3.63) is 69.9 Å². The summed E-state index contributed by atoms with van der Waals surface area (Å²) >= 11 is 3.40. The summed E-state index contributed by atoms with van der Waals surface area (Å²) in [7, 11) is 1.69. The van der Waals surface area contributed by atoms with E-state index in [2.05, 4.69) is 31.6 Å². The van der Waals surface area contributed by atoms with Crippen molar-refractivity contribution in [2.24, 2.45) is 4.99 Å². The van der Waals surface area contributed by atoms with Gasteiger partial charge in [-0.1, -0.05) is 46.3 Å². The smallest absolute Gasteiger partial charge is 0.191 e. The van der Waals surface area contributed by atoms with E-state index >= 15 is 0 Å². The van der Waals surface area contributed by atoms with Crippen molar-refractivity contribution in [1.82, 2.24) is 10.6 Å². The number of nitrogens with one attached hydrogen (secondary N) is 2. The molecule has 0 aliphatic heterocycles. The Labute approximate surface area is 155 Å². The standard InChI is InChI=1S/C16H17BrFN3.HI/c1-19-16(20-10-12-6-8-14(17)9-7-12)21-11-13-4-2-3-5-15(13)18;/h2-9H,10-11H2,1H3,(H2,19,20,21);1H. The zero-order chi connectivity index (χ0) is 15.1. The minimum absolute atomic E-state index is 0. The molecule has 0 saturated carbocycles. The van der Waals surface area contributed by atoms with E-state index in [4.69, 9.17) is 0 Å². The van der Waals surface area contributed by atoms with Gasteiger partial charge in [0.1, 0.15) is 5.82 Å². The number of aliphatic imine (C=N–C) groups is 1. The molecule has 2 aromatic rings. The fourth-order valence-electron chi connectivity index (χ4n) is 1.83. The van der Waals surface area contributed by atoms with Crippen LogP contribution in [0.1, 0.15) is 11.1 Å². The predicted molar refractivity (Wildman–Crippen MR) is 103 cm³/mol. The van der Waals surface area contributed by atoms with Crippen LogP contribution in [0, 0.1) is 5.82 Å². The van der Waals surface area contributed by atoms with Crippen molar-refractivity contribution in [1.29, 1.82) is 0 Å². The Morgan fingerprint density at radius 2 is 1.68 bits per heavy atom. The molecule has 0 atom stereocenters. The maximum atomic E-state index is 13.5. The van der Waals surface area contributed by atoms with Gasteiger partial charge in [0.15, 0.2) is 5.96 Å². The monoisotopic (exact) mass is 477 g/mol. The molecule has 118 valence electrons. The van der Waals surface area contributed by atoms with Gasteiger partial charge in [0.2, 0.25) is 0 Å². The summed E-state index contributed by atoms with van der Waals surface area (Å²) in [5, 5.41) is 6.29. The van der Waals surface area contributed by atoms with Gasteiger partial charge in [-0.2, -0.15) is 0 Å². The van der Waals surface area contributed by atoms with E-state index in [0.29, 0.717) is 24.6 Å². The van der Waals surface area contributed by atoms with Gasteiger partial charge in [-0.3, -0.25) is 4.99 Å². The van der Waals surface area contributed by atoms with Crippen LogP contribution in [0.4, 0.5) is 4.39 Å². The molecule has 22 heavy (non-hydrogen) atoms. The van der Waals surface area contributed by atoms with Gasteiger partial charge in [0, 0.05) is 30.2 Å². The molecule has 2 N–H and O–H groups in total. The summed E-state index contributed by atoms with van der Waals surface area (Å²) in [5.41, 5.74) is 1.76. The molecule has 3 nitrogen and oxygen atoms in total. The molecule has 0 spiro atoms. The largest absolute Gasteiger partial charge is 0.352 e. The Morgan fingerprint density at radius 3 is 2.32 bits per heavy atom. The molecule has 0 radical (unpaired) electrons. The molecule has 0 aliphatic rings. The summed E-state index contributed by atoms with van der Waals surface area (Å²) in [6, 6.07) is 14.7. The first-order valence-corrected chi connectivity index (χ1v) is 7.40. The Hall–Kier alpha value is -1.15. The lowest BCUT2D eigenvalue weighted by Gasteiger charge is -2.12. The van der Waals surface area contributed by atoms with Crippen molar-refractivity contribution in [3.8, 4) is 0 Å². The number of benzene rings is 2. The van der Waals surface area contributed by atoms with Crippen LogP contribution in [0.5, 0.6) is 0 Å². The van der Waals surface area contributed by atoms with Gasteiger partial charge in [-0.25, -0.2) is 4.39 Å². The van der Waals surface area contributed by atoms with Crippen molar-refractivity contribution in [3.63, 3.8) is 0 Å². The maximum absolute atomic E-state index is 13.5. The average Bonchev–Trinajstić information content (AvgIpc) is 2.51. The number of guanidine groups is 1. The third-order valence-electron chi connectivity index (χ3n) is 3.00. The molecule has 0 heterocycles. The summed E-state index contributed by atoms with van der Waals surface area (Å²) < 4.78 is 14.6. The topological polar surface area (TPSA) is 36.4 Å². The first-order chi connectivity index (χ1) is 10.2. The molecule has 0 unspecified atom stereocenters. The van der Waals surface area contributed by atoms with Crippen LogP contribution in [0.2, 0.25) is 0 Å². The lowest BCUT2D eigenvalue weighted by Crippen LogP contribution is -2.36. The normalized spacial score (nSPS) is 10.8. The molecule has 0 aliphatic carbocycles. The van der Waals surface area contributed by atoms with E-state index in [-0.39, 0.29) is 29.8 Å². The highest BCUT2D eigenvalue weighted by atomic mass is 127. The van der Waals surface area contributed by atoms with Crippen LogP contribution in [-0.4, -0.2) is 13.0 Å². The highest BCUT2D eigenvalue weighted by Crippen LogP contribution is 2.10. The Bertz CT molecular complexity index is 617. The fraction of sp³-hybridized carbons (Fsp3) is 0.188. The second-order valence-electron chi connectivity index (χ2n) is 4.50. The van der Waals surface area contributed by atoms with E-state index in [1.165, 1.54) is 6.07 Å². The van der Waals surface area contributed by atoms with E-state index in [9.17, 15) is 4.39 Å². The summed E-state index contributed by atoms with van der Waals surface area (Å²) in [6.45, 7) is 1.05. The predicted octanol–water partition coefficient (Wildman–Crippen LogP) is 4.07. The average molecular weight is 478 g/mol. The highest BCUT2D eigenvalue weighted by Gasteiger charge is 2.02. The number of hydrogen-bond acceptors (Lipinski definition) is 1. The van der Waals surface area contributed by atoms with Gasteiger partial charge >= 0.3 is 0 Å². The summed E-state index contributed by atoms with van der Waals surface area (Å²) in [6.07, 6.45) is 0. The first kappa shape index (κ1) is 18.9. The molecule has 0 aromatic heterocycles. The molecule has 0 fully saturated rings. The quantitative estimate of drug-likeness (QED) is 0.395. The zero-order valence-electron chi connectivity index (χ0n) is 12.1. The van der Waals surface area contributed by atoms with E-state index in [1.807, 2.05) is 30.3 Å². The Morgan fingerprint density at radius 1 is 1.05 bits per heavy atom. The van der Waals surface area contributed by atoms with E-state index in [0.717, 1.165) is 10.0 Å². The minimum Gasteiger partial charge on any atom is -0.352 e. The number of nitrogens with zero attached hydrogens (tertiary/aromatic N) is 1.